The van der Waals surface area contributed by atoms with E-state index in [0.29, 0.717) is 3.97 Å². The minimum absolute atomic E-state index is 0.00336. The summed E-state index contributed by atoms with van der Waals surface area (Å²) in [7, 11) is -3.21. The number of benzene rings is 2. The molecule has 0 fully saturated rings. The lowest BCUT2D eigenvalue weighted by molar-refractivity contribution is 0.0514. The maximum Gasteiger partial charge on any atom is 0.357 e. The number of hydrogen-bond donors (Lipinski definition) is 0. The molecule has 0 aliphatic carbocycles. The van der Waals surface area contributed by atoms with Gasteiger partial charge in [0.05, 0.1) is 17.0 Å². The summed E-state index contributed by atoms with van der Waals surface area (Å²) in [6.07, 6.45) is 0. The van der Waals surface area contributed by atoms with Crippen LogP contribution in [0.1, 0.15) is 31.3 Å². The summed E-state index contributed by atoms with van der Waals surface area (Å²) in [6.45, 7) is 5.44. The quantitative estimate of drug-likeness (QED) is 0.424. The number of halogens is 1. The third-order valence-corrected chi connectivity index (χ3v) is 6.87. The number of esters is 1. The van der Waals surface area contributed by atoms with Gasteiger partial charge in [-0.3, -0.25) is 0 Å². The van der Waals surface area contributed by atoms with Gasteiger partial charge in [-0.25, -0.2) is 25.6 Å². The molecule has 0 spiro atoms. The van der Waals surface area contributed by atoms with Gasteiger partial charge in [0.15, 0.2) is 5.69 Å². The molecule has 0 radical (unpaired) electrons. The Balaban J connectivity index is 0.00000145. The third kappa shape index (κ3) is 4.31. The van der Waals surface area contributed by atoms with Crippen LogP contribution in [0.4, 0.5) is 0 Å². The predicted molar refractivity (Wildman–Crippen MR) is 111 cm³/mol. The zero-order valence-corrected chi connectivity index (χ0v) is 18.4. The van der Waals surface area contributed by atoms with Gasteiger partial charge in [-0.1, -0.05) is 50.2 Å². The van der Waals surface area contributed by atoms with Crippen molar-refractivity contribution >= 4 is 46.6 Å². The predicted octanol–water partition coefficient (Wildman–Crippen LogP) is 4.01. The molecule has 10 heteroatoms. The molecule has 0 unspecified atom stereocenters. The molecular formula is C19H20ClNO6S2. The Morgan fingerprint density at radius 1 is 0.966 bits per heavy atom. The number of aromatic nitrogens is 1. The largest absolute Gasteiger partial charge is 0.461 e. The van der Waals surface area contributed by atoms with Crippen LogP contribution >= 0.6 is 10.7 Å². The van der Waals surface area contributed by atoms with E-state index in [-0.39, 0.29) is 22.4 Å². The summed E-state index contributed by atoms with van der Waals surface area (Å²) in [6, 6.07) is 13.2. The van der Waals surface area contributed by atoms with E-state index in [1.165, 1.54) is 55.5 Å². The topological polar surface area (TPSA) is 99.5 Å². The first-order chi connectivity index (χ1) is 13.7. The zero-order valence-electron chi connectivity index (χ0n) is 16.0. The molecule has 0 aliphatic rings. The Morgan fingerprint density at radius 3 is 2.07 bits per heavy atom. The van der Waals surface area contributed by atoms with Crippen molar-refractivity contribution in [2.45, 2.75) is 30.6 Å². The van der Waals surface area contributed by atoms with Gasteiger partial charge in [0.2, 0.25) is 0 Å². The first kappa shape index (κ1) is 22.9. The molecule has 0 atom stereocenters. The van der Waals surface area contributed by atoms with Crippen LogP contribution in [0.15, 0.2) is 64.4 Å². The molecule has 1 aromatic heterocycles. The summed E-state index contributed by atoms with van der Waals surface area (Å²) in [5.41, 5.74) is -0.652. The van der Waals surface area contributed by atoms with Crippen molar-refractivity contribution in [3.8, 4) is 0 Å². The van der Waals surface area contributed by atoms with Gasteiger partial charge in [0.1, 0.15) is 4.90 Å². The number of ether oxygens (including phenoxy) is 1. The van der Waals surface area contributed by atoms with Crippen LogP contribution in [0.5, 0.6) is 0 Å². The number of nitrogens with zero attached hydrogens (tertiary/aromatic N) is 1. The van der Waals surface area contributed by atoms with Crippen LogP contribution in [0.25, 0.3) is 10.9 Å². The molecule has 0 amide bonds. The molecule has 3 rings (SSSR count). The van der Waals surface area contributed by atoms with Crippen molar-refractivity contribution in [2.75, 3.05) is 6.61 Å². The molecule has 1 heterocycles. The SMILES string of the molecule is CC.CCOC(=O)c1c(S(=O)(=O)Cl)c2ccccc2n1S(=O)(=O)c1ccccc1. The summed E-state index contributed by atoms with van der Waals surface area (Å²) in [5.74, 6) is -1.10. The van der Waals surface area contributed by atoms with Gasteiger partial charge < -0.3 is 4.74 Å². The van der Waals surface area contributed by atoms with E-state index in [1.807, 2.05) is 13.8 Å². The fraction of sp³-hybridized carbons (Fsp3) is 0.211. The highest BCUT2D eigenvalue weighted by atomic mass is 35.7. The number of fused-ring (bicyclic) bond motifs is 1. The minimum atomic E-state index is -4.46. The fourth-order valence-corrected chi connectivity index (χ4v) is 5.66. The molecule has 0 saturated heterocycles. The standard InChI is InChI=1S/C17H14ClNO6S2.C2H6/c1-2-25-17(20)15-16(26(18,21)22)13-10-6-7-11-14(13)19(15)27(23,24)12-8-4-3-5-9-12;1-2/h3-11H,2H2,1H3;1-2H3. The third-order valence-electron chi connectivity index (χ3n) is 3.78. The van der Waals surface area contributed by atoms with Crippen molar-refractivity contribution < 1.29 is 26.4 Å². The van der Waals surface area contributed by atoms with Crippen LogP contribution in [0.2, 0.25) is 0 Å². The van der Waals surface area contributed by atoms with Gasteiger partial charge in [-0.2, -0.15) is 0 Å². The molecule has 0 aliphatic heterocycles. The van der Waals surface area contributed by atoms with E-state index in [4.69, 9.17) is 15.4 Å². The maximum absolute atomic E-state index is 13.2. The molecular weight excluding hydrogens is 438 g/mol. The van der Waals surface area contributed by atoms with Crippen LogP contribution in [0, 0.1) is 0 Å². The lowest BCUT2D eigenvalue weighted by Gasteiger charge is -2.11. The number of carbonyl (C=O) groups is 1. The normalized spacial score (nSPS) is 11.6. The molecule has 3 aromatic rings. The highest BCUT2D eigenvalue weighted by molar-refractivity contribution is 8.14. The Kier molecular flexibility index (Phi) is 7.10. The molecule has 0 bridgehead atoms. The Bertz CT molecular complexity index is 1230. The maximum atomic E-state index is 13.2. The number of para-hydroxylation sites is 1. The van der Waals surface area contributed by atoms with E-state index < -0.39 is 35.6 Å². The van der Waals surface area contributed by atoms with E-state index in [2.05, 4.69) is 0 Å². The van der Waals surface area contributed by atoms with Crippen LogP contribution in [-0.2, 0) is 23.8 Å². The number of carbonyl (C=O) groups excluding carboxylic acids is 1. The molecule has 2 aromatic carbocycles. The average Bonchev–Trinajstić information content (AvgIpc) is 3.07. The van der Waals surface area contributed by atoms with Crippen molar-refractivity contribution in [1.29, 1.82) is 0 Å². The highest BCUT2D eigenvalue weighted by Gasteiger charge is 2.36. The second kappa shape index (κ2) is 8.98. The Hall–Kier alpha value is -2.36. The number of rotatable bonds is 5. The van der Waals surface area contributed by atoms with Crippen molar-refractivity contribution in [1.82, 2.24) is 3.97 Å². The van der Waals surface area contributed by atoms with Gasteiger partial charge >= 0.3 is 5.97 Å². The molecule has 0 N–H and O–H groups in total. The molecule has 0 saturated carbocycles. The first-order valence-electron chi connectivity index (χ1n) is 8.75. The average molecular weight is 458 g/mol. The van der Waals surface area contributed by atoms with Crippen LogP contribution in [0.3, 0.4) is 0 Å². The molecule has 156 valence electrons. The summed E-state index contributed by atoms with van der Waals surface area (Å²) < 4.78 is 56.5. The van der Waals surface area contributed by atoms with Crippen molar-refractivity contribution in [2.24, 2.45) is 0 Å². The van der Waals surface area contributed by atoms with E-state index in [0.717, 1.165) is 0 Å². The second-order valence-corrected chi connectivity index (χ2v) is 9.73. The number of hydrogen-bond acceptors (Lipinski definition) is 6. The molecule has 29 heavy (non-hydrogen) atoms. The van der Waals surface area contributed by atoms with Gasteiger partial charge in [-0.05, 0) is 25.1 Å². The van der Waals surface area contributed by atoms with E-state index in [9.17, 15) is 21.6 Å². The van der Waals surface area contributed by atoms with Gasteiger partial charge in [0.25, 0.3) is 19.1 Å². The van der Waals surface area contributed by atoms with E-state index >= 15 is 0 Å². The summed E-state index contributed by atoms with van der Waals surface area (Å²) in [5, 5.41) is 0.00931. The summed E-state index contributed by atoms with van der Waals surface area (Å²) in [4.78, 5) is 11.8. The van der Waals surface area contributed by atoms with Gasteiger partial charge in [0, 0.05) is 16.1 Å². The van der Waals surface area contributed by atoms with Gasteiger partial charge in [-0.15, -0.1) is 0 Å². The fourth-order valence-electron chi connectivity index (χ4n) is 2.75. The lowest BCUT2D eigenvalue weighted by atomic mass is 10.2. The minimum Gasteiger partial charge on any atom is -0.461 e. The lowest BCUT2D eigenvalue weighted by Crippen LogP contribution is -2.21. The molecule has 7 nitrogen and oxygen atoms in total. The smallest absolute Gasteiger partial charge is 0.357 e. The highest BCUT2D eigenvalue weighted by Crippen LogP contribution is 2.35. The van der Waals surface area contributed by atoms with Crippen molar-refractivity contribution in [3.63, 3.8) is 0 Å². The van der Waals surface area contributed by atoms with E-state index in [1.54, 1.807) is 6.07 Å². The monoisotopic (exact) mass is 457 g/mol. The Labute approximate surface area is 174 Å². The van der Waals surface area contributed by atoms with Crippen molar-refractivity contribution in [3.05, 3.63) is 60.3 Å². The van der Waals surface area contributed by atoms with Crippen LogP contribution in [-0.4, -0.2) is 33.4 Å². The zero-order chi connectivity index (χ0) is 21.8. The first-order valence-corrected chi connectivity index (χ1v) is 12.5. The summed E-state index contributed by atoms with van der Waals surface area (Å²) >= 11 is 0. The second-order valence-electron chi connectivity index (χ2n) is 5.44. The van der Waals surface area contributed by atoms with Crippen LogP contribution < -0.4 is 0 Å². The Morgan fingerprint density at radius 2 is 1.52 bits per heavy atom.